The van der Waals surface area contributed by atoms with Crippen molar-refractivity contribution < 1.29 is 15.0 Å². The number of hydrogen-bond donors (Lipinski definition) is 3. The lowest BCUT2D eigenvalue weighted by Gasteiger charge is -2.32. The van der Waals surface area contributed by atoms with Gasteiger partial charge in [-0.25, -0.2) is 9.78 Å². The van der Waals surface area contributed by atoms with Gasteiger partial charge in [-0.3, -0.25) is 0 Å². The maximum absolute atomic E-state index is 11.0. The number of nitrogens with zero attached hydrogens (tertiary/aromatic N) is 1. The summed E-state index contributed by atoms with van der Waals surface area (Å²) < 4.78 is 0. The highest BCUT2D eigenvalue weighted by molar-refractivity contribution is 5.88. The normalized spacial score (nSPS) is 18.0. The van der Waals surface area contributed by atoms with E-state index in [4.69, 9.17) is 5.11 Å². The van der Waals surface area contributed by atoms with Gasteiger partial charge in [-0.2, -0.15) is 0 Å². The van der Waals surface area contributed by atoms with Gasteiger partial charge in [0, 0.05) is 12.2 Å². The Morgan fingerprint density at radius 3 is 2.68 bits per heavy atom. The minimum atomic E-state index is -0.968. The molecule has 1 saturated carbocycles. The first kappa shape index (κ1) is 13.8. The Bertz CT molecular complexity index is 468. The lowest BCUT2D eigenvalue weighted by molar-refractivity contribution is 0.0166. The van der Waals surface area contributed by atoms with Gasteiger partial charge in [0.15, 0.2) is 0 Å². The fraction of sp³-hybridized carbons (Fsp3) is 0.571. The molecule has 2 rings (SSSR count). The molecule has 0 bridgehead atoms. The molecule has 1 heterocycles. The number of aliphatic hydroxyl groups is 1. The van der Waals surface area contributed by atoms with Crippen molar-refractivity contribution in [2.45, 2.75) is 44.6 Å². The number of aromatic nitrogens is 1. The number of aryl methyl sites for hydroxylation is 1. The SMILES string of the molecule is Cc1cc(C(=O)O)cc(NCC2(O)CCCCC2)n1. The van der Waals surface area contributed by atoms with Crippen LogP contribution in [0.4, 0.5) is 5.82 Å². The van der Waals surface area contributed by atoms with Crippen LogP contribution >= 0.6 is 0 Å². The number of carboxylic acids is 1. The fourth-order valence-electron chi connectivity index (χ4n) is 2.52. The van der Waals surface area contributed by atoms with E-state index in [1.54, 1.807) is 6.92 Å². The molecule has 0 radical (unpaired) electrons. The van der Waals surface area contributed by atoms with Crippen LogP contribution in [0.15, 0.2) is 12.1 Å². The smallest absolute Gasteiger partial charge is 0.335 e. The number of carbonyl (C=O) groups is 1. The second kappa shape index (κ2) is 5.57. The van der Waals surface area contributed by atoms with E-state index in [9.17, 15) is 9.90 Å². The summed E-state index contributed by atoms with van der Waals surface area (Å²) in [6.45, 7) is 2.18. The van der Waals surface area contributed by atoms with Crippen molar-refractivity contribution in [2.75, 3.05) is 11.9 Å². The standard InChI is InChI=1S/C14H20N2O3/c1-10-7-11(13(17)18)8-12(16-10)15-9-14(19)5-3-2-4-6-14/h7-8,19H,2-6,9H2,1H3,(H,15,16)(H,17,18). The minimum Gasteiger partial charge on any atom is -0.478 e. The quantitative estimate of drug-likeness (QED) is 0.776. The van der Waals surface area contributed by atoms with Gasteiger partial charge in [0.25, 0.3) is 0 Å². The van der Waals surface area contributed by atoms with Crippen LogP contribution in [0.2, 0.25) is 0 Å². The van der Waals surface area contributed by atoms with Gasteiger partial charge in [0.05, 0.1) is 11.2 Å². The van der Waals surface area contributed by atoms with E-state index in [0.717, 1.165) is 25.7 Å². The molecule has 0 saturated heterocycles. The number of rotatable bonds is 4. The van der Waals surface area contributed by atoms with Crippen LogP contribution < -0.4 is 5.32 Å². The molecule has 104 valence electrons. The third-order valence-corrected chi connectivity index (χ3v) is 3.58. The van der Waals surface area contributed by atoms with E-state index in [1.807, 2.05) is 0 Å². The number of aromatic carboxylic acids is 1. The van der Waals surface area contributed by atoms with Crippen molar-refractivity contribution in [1.29, 1.82) is 0 Å². The molecule has 0 atom stereocenters. The van der Waals surface area contributed by atoms with E-state index in [1.165, 1.54) is 18.6 Å². The van der Waals surface area contributed by atoms with Crippen LogP contribution in [0, 0.1) is 6.92 Å². The topological polar surface area (TPSA) is 82.5 Å². The first-order valence-electron chi connectivity index (χ1n) is 6.67. The van der Waals surface area contributed by atoms with Gasteiger partial charge < -0.3 is 15.5 Å². The highest BCUT2D eigenvalue weighted by Crippen LogP contribution is 2.28. The average Bonchev–Trinajstić information content (AvgIpc) is 2.37. The number of pyridine rings is 1. The number of carboxylic acid groups (broad SMARTS) is 1. The Balaban J connectivity index is 2.04. The number of nitrogens with one attached hydrogen (secondary N) is 1. The summed E-state index contributed by atoms with van der Waals surface area (Å²) in [4.78, 5) is 15.2. The van der Waals surface area contributed by atoms with E-state index in [0.29, 0.717) is 18.1 Å². The van der Waals surface area contributed by atoms with Crippen molar-refractivity contribution in [2.24, 2.45) is 0 Å². The number of anilines is 1. The van der Waals surface area contributed by atoms with Crippen molar-refractivity contribution in [3.8, 4) is 0 Å². The Kier molecular flexibility index (Phi) is 4.04. The van der Waals surface area contributed by atoms with Gasteiger partial charge in [-0.15, -0.1) is 0 Å². The molecule has 0 unspecified atom stereocenters. The average molecular weight is 264 g/mol. The molecule has 1 aromatic rings. The first-order valence-corrected chi connectivity index (χ1v) is 6.67. The maximum Gasteiger partial charge on any atom is 0.335 e. The Hall–Kier alpha value is -1.62. The molecule has 3 N–H and O–H groups in total. The van der Waals surface area contributed by atoms with Crippen LogP contribution in [-0.2, 0) is 0 Å². The summed E-state index contributed by atoms with van der Waals surface area (Å²) >= 11 is 0. The van der Waals surface area contributed by atoms with Crippen molar-refractivity contribution in [3.05, 3.63) is 23.4 Å². The summed E-state index contributed by atoms with van der Waals surface area (Å²) in [7, 11) is 0. The summed E-state index contributed by atoms with van der Waals surface area (Å²) in [6.07, 6.45) is 4.84. The molecule has 5 nitrogen and oxygen atoms in total. The van der Waals surface area contributed by atoms with Crippen LogP contribution in [0.25, 0.3) is 0 Å². The summed E-state index contributed by atoms with van der Waals surface area (Å²) in [5, 5.41) is 22.4. The second-order valence-electron chi connectivity index (χ2n) is 5.33. The zero-order valence-electron chi connectivity index (χ0n) is 11.1. The van der Waals surface area contributed by atoms with E-state index in [2.05, 4.69) is 10.3 Å². The van der Waals surface area contributed by atoms with Crippen molar-refractivity contribution in [1.82, 2.24) is 4.98 Å². The second-order valence-corrected chi connectivity index (χ2v) is 5.33. The zero-order valence-corrected chi connectivity index (χ0v) is 11.1. The molecular weight excluding hydrogens is 244 g/mol. The highest BCUT2D eigenvalue weighted by Gasteiger charge is 2.28. The first-order chi connectivity index (χ1) is 8.98. The molecule has 1 aromatic heterocycles. The minimum absolute atomic E-state index is 0.214. The molecule has 19 heavy (non-hydrogen) atoms. The third-order valence-electron chi connectivity index (χ3n) is 3.58. The highest BCUT2D eigenvalue weighted by atomic mass is 16.4. The lowest BCUT2D eigenvalue weighted by atomic mass is 9.85. The largest absolute Gasteiger partial charge is 0.478 e. The zero-order chi connectivity index (χ0) is 13.9. The van der Waals surface area contributed by atoms with E-state index < -0.39 is 11.6 Å². The molecule has 0 aromatic carbocycles. The number of hydrogen-bond acceptors (Lipinski definition) is 4. The van der Waals surface area contributed by atoms with Gasteiger partial charge in [-0.05, 0) is 31.9 Å². The predicted octanol–water partition coefficient (Wildman–Crippen LogP) is 2.20. The van der Waals surface area contributed by atoms with Crippen LogP contribution in [-0.4, -0.2) is 33.3 Å². The summed E-state index contributed by atoms with van der Waals surface area (Å²) in [5.74, 6) is -0.457. The summed E-state index contributed by atoms with van der Waals surface area (Å²) in [5.41, 5.74) is 0.177. The lowest BCUT2D eigenvalue weighted by Crippen LogP contribution is -2.39. The van der Waals surface area contributed by atoms with Crippen molar-refractivity contribution in [3.63, 3.8) is 0 Å². The van der Waals surface area contributed by atoms with Crippen LogP contribution in [0.1, 0.15) is 48.2 Å². The Labute approximate surface area is 112 Å². The van der Waals surface area contributed by atoms with Gasteiger partial charge in [-0.1, -0.05) is 19.3 Å². The molecule has 0 amide bonds. The van der Waals surface area contributed by atoms with Crippen LogP contribution in [0.5, 0.6) is 0 Å². The molecule has 1 aliphatic rings. The third kappa shape index (κ3) is 3.67. The molecular formula is C14H20N2O3. The molecule has 0 aliphatic heterocycles. The molecule has 0 spiro atoms. The van der Waals surface area contributed by atoms with E-state index >= 15 is 0 Å². The molecule has 1 fully saturated rings. The van der Waals surface area contributed by atoms with Crippen molar-refractivity contribution >= 4 is 11.8 Å². The summed E-state index contributed by atoms with van der Waals surface area (Å²) in [6, 6.07) is 3.03. The monoisotopic (exact) mass is 264 g/mol. The van der Waals surface area contributed by atoms with Gasteiger partial charge in [0.1, 0.15) is 5.82 Å². The van der Waals surface area contributed by atoms with Gasteiger partial charge >= 0.3 is 5.97 Å². The Morgan fingerprint density at radius 2 is 2.05 bits per heavy atom. The Morgan fingerprint density at radius 1 is 1.37 bits per heavy atom. The van der Waals surface area contributed by atoms with Crippen LogP contribution in [0.3, 0.4) is 0 Å². The van der Waals surface area contributed by atoms with E-state index in [-0.39, 0.29) is 5.56 Å². The molecule has 1 aliphatic carbocycles. The maximum atomic E-state index is 11.0. The predicted molar refractivity (Wildman–Crippen MR) is 72.5 cm³/mol. The van der Waals surface area contributed by atoms with Gasteiger partial charge in [0.2, 0.25) is 0 Å². The molecule has 5 heteroatoms. The fourth-order valence-corrected chi connectivity index (χ4v) is 2.52.